The van der Waals surface area contributed by atoms with E-state index in [0.29, 0.717) is 11.4 Å². The van der Waals surface area contributed by atoms with Crippen molar-refractivity contribution in [1.29, 1.82) is 0 Å². The van der Waals surface area contributed by atoms with E-state index in [9.17, 15) is 4.79 Å². The fraction of sp³-hybridized carbons (Fsp3) is 0.400. The molecule has 4 heterocycles. The van der Waals surface area contributed by atoms with Crippen molar-refractivity contribution in [2.24, 2.45) is 7.05 Å². The maximum absolute atomic E-state index is 13.2. The first-order chi connectivity index (χ1) is 13.5. The van der Waals surface area contributed by atoms with Gasteiger partial charge in [0.2, 0.25) is 0 Å². The predicted octanol–water partition coefficient (Wildman–Crippen LogP) is 2.85. The zero-order valence-corrected chi connectivity index (χ0v) is 17.0. The van der Waals surface area contributed by atoms with E-state index in [1.54, 1.807) is 26.9 Å². The van der Waals surface area contributed by atoms with Gasteiger partial charge in [0.25, 0.3) is 5.56 Å². The van der Waals surface area contributed by atoms with Crippen LogP contribution in [0.25, 0.3) is 26.9 Å². The van der Waals surface area contributed by atoms with Gasteiger partial charge < -0.3 is 4.90 Å². The molecule has 0 radical (unpaired) electrons. The van der Waals surface area contributed by atoms with Gasteiger partial charge in [-0.15, -0.1) is 0 Å². The number of thiazole rings is 1. The Morgan fingerprint density at radius 1 is 1.14 bits per heavy atom. The maximum Gasteiger partial charge on any atom is 0.285 e. The van der Waals surface area contributed by atoms with Gasteiger partial charge in [0.15, 0.2) is 10.3 Å². The van der Waals surface area contributed by atoms with Crippen molar-refractivity contribution >= 4 is 32.6 Å². The SMILES string of the molecule is Cc1c(-n2cnc3sc(C4CCN(C)CC4)nc3c2=O)ccc2cn(C)nc12. The van der Waals surface area contributed by atoms with E-state index in [1.165, 1.54) is 0 Å². The van der Waals surface area contributed by atoms with Gasteiger partial charge in [0.1, 0.15) is 6.33 Å². The molecule has 1 fully saturated rings. The third-order valence-electron chi connectivity index (χ3n) is 5.68. The Balaban J connectivity index is 1.60. The van der Waals surface area contributed by atoms with Crippen LogP contribution >= 0.6 is 11.3 Å². The van der Waals surface area contributed by atoms with Gasteiger partial charge in [-0.05, 0) is 52.0 Å². The van der Waals surface area contributed by atoms with Crippen molar-refractivity contribution < 1.29 is 0 Å². The number of piperidine rings is 1. The normalized spacial score (nSPS) is 16.4. The highest BCUT2D eigenvalue weighted by Crippen LogP contribution is 2.32. The molecule has 0 saturated carbocycles. The van der Waals surface area contributed by atoms with E-state index in [1.807, 2.05) is 32.3 Å². The molecule has 0 amide bonds. The molecule has 0 bridgehead atoms. The molecule has 0 unspecified atom stereocenters. The third kappa shape index (κ3) is 2.75. The van der Waals surface area contributed by atoms with Gasteiger partial charge >= 0.3 is 0 Å². The summed E-state index contributed by atoms with van der Waals surface area (Å²) in [5, 5.41) is 6.63. The number of aromatic nitrogens is 5. The zero-order chi connectivity index (χ0) is 19.4. The van der Waals surface area contributed by atoms with Crippen LogP contribution in [0.5, 0.6) is 0 Å². The molecule has 1 aromatic carbocycles. The number of fused-ring (bicyclic) bond motifs is 2. The standard InChI is InChI=1S/C20H22N6OS/c1-12-15(5-4-14-10-25(3)23-16(12)14)26-11-21-19-17(20(26)27)22-18(28-19)13-6-8-24(2)9-7-13/h4-5,10-11,13H,6-9H2,1-3H3. The lowest BCUT2D eigenvalue weighted by Gasteiger charge is -2.27. The molecule has 0 spiro atoms. The first kappa shape index (κ1) is 17.5. The number of hydrogen-bond acceptors (Lipinski definition) is 6. The number of benzene rings is 1. The molecule has 28 heavy (non-hydrogen) atoms. The average molecular weight is 395 g/mol. The molecule has 144 valence electrons. The lowest BCUT2D eigenvalue weighted by atomic mass is 9.98. The van der Waals surface area contributed by atoms with Crippen LogP contribution in [0, 0.1) is 6.92 Å². The Morgan fingerprint density at radius 3 is 2.71 bits per heavy atom. The highest BCUT2D eigenvalue weighted by molar-refractivity contribution is 7.18. The third-order valence-corrected chi connectivity index (χ3v) is 6.81. The lowest BCUT2D eigenvalue weighted by molar-refractivity contribution is 0.255. The lowest BCUT2D eigenvalue weighted by Crippen LogP contribution is -2.29. The number of aryl methyl sites for hydroxylation is 2. The van der Waals surface area contributed by atoms with Crippen LogP contribution < -0.4 is 5.56 Å². The molecule has 0 atom stereocenters. The fourth-order valence-corrected chi connectivity index (χ4v) is 5.10. The first-order valence-corrected chi connectivity index (χ1v) is 10.3. The smallest absolute Gasteiger partial charge is 0.285 e. The van der Waals surface area contributed by atoms with Gasteiger partial charge in [-0.3, -0.25) is 14.0 Å². The van der Waals surface area contributed by atoms with Crippen LogP contribution in [0.4, 0.5) is 0 Å². The van der Waals surface area contributed by atoms with Crippen molar-refractivity contribution in [3.05, 3.63) is 45.6 Å². The van der Waals surface area contributed by atoms with Gasteiger partial charge in [-0.25, -0.2) is 9.97 Å². The van der Waals surface area contributed by atoms with E-state index >= 15 is 0 Å². The Bertz CT molecular complexity index is 1250. The molecular formula is C20H22N6OS. The van der Waals surface area contributed by atoms with Crippen molar-refractivity contribution in [2.75, 3.05) is 20.1 Å². The molecule has 4 aromatic rings. The molecule has 7 nitrogen and oxygen atoms in total. The second-order valence-corrected chi connectivity index (χ2v) is 8.66. The summed E-state index contributed by atoms with van der Waals surface area (Å²) >= 11 is 1.56. The molecular weight excluding hydrogens is 372 g/mol. The number of nitrogens with zero attached hydrogens (tertiary/aromatic N) is 6. The van der Waals surface area contributed by atoms with Crippen LogP contribution in [0.2, 0.25) is 0 Å². The number of rotatable bonds is 2. The Labute approximate surface area is 166 Å². The maximum atomic E-state index is 13.2. The molecule has 5 rings (SSSR count). The number of likely N-dealkylation sites (tertiary alicyclic amines) is 1. The molecule has 1 aliphatic heterocycles. The minimum atomic E-state index is -0.112. The monoisotopic (exact) mass is 394 g/mol. The largest absolute Gasteiger partial charge is 0.306 e. The molecule has 0 aliphatic carbocycles. The van der Waals surface area contributed by atoms with Crippen LogP contribution in [0.1, 0.15) is 29.3 Å². The molecule has 1 saturated heterocycles. The summed E-state index contributed by atoms with van der Waals surface area (Å²) < 4.78 is 3.39. The Morgan fingerprint density at radius 2 is 1.93 bits per heavy atom. The number of hydrogen-bond donors (Lipinski definition) is 0. The second-order valence-electron chi connectivity index (χ2n) is 7.65. The summed E-state index contributed by atoms with van der Waals surface area (Å²) in [6, 6.07) is 3.95. The van der Waals surface area contributed by atoms with Crippen LogP contribution in [0.15, 0.2) is 29.5 Å². The minimum Gasteiger partial charge on any atom is -0.306 e. The first-order valence-electron chi connectivity index (χ1n) is 9.51. The molecule has 1 aliphatic rings. The van der Waals surface area contributed by atoms with E-state index in [2.05, 4.69) is 22.0 Å². The molecule has 8 heteroatoms. The van der Waals surface area contributed by atoms with Crippen LogP contribution in [-0.4, -0.2) is 49.4 Å². The van der Waals surface area contributed by atoms with Crippen molar-refractivity contribution in [1.82, 2.24) is 29.2 Å². The van der Waals surface area contributed by atoms with Crippen LogP contribution in [0.3, 0.4) is 0 Å². The summed E-state index contributed by atoms with van der Waals surface area (Å²) in [4.78, 5) is 25.6. The summed E-state index contributed by atoms with van der Waals surface area (Å²) in [5.41, 5.74) is 3.03. The van der Waals surface area contributed by atoms with E-state index in [4.69, 9.17) is 4.98 Å². The average Bonchev–Trinajstić information content (AvgIpc) is 3.28. The summed E-state index contributed by atoms with van der Waals surface area (Å²) in [7, 11) is 4.05. The van der Waals surface area contributed by atoms with Gasteiger partial charge in [0.05, 0.1) is 16.2 Å². The Kier molecular flexibility index (Phi) is 4.06. The Hall–Kier alpha value is -2.58. The van der Waals surface area contributed by atoms with Gasteiger partial charge in [0, 0.05) is 30.1 Å². The summed E-state index contributed by atoms with van der Waals surface area (Å²) in [6.07, 6.45) is 5.77. The van der Waals surface area contributed by atoms with Gasteiger partial charge in [-0.2, -0.15) is 5.10 Å². The summed E-state index contributed by atoms with van der Waals surface area (Å²) in [6.45, 7) is 4.13. The molecule has 0 N–H and O–H groups in total. The van der Waals surface area contributed by atoms with Crippen molar-refractivity contribution in [3.8, 4) is 5.69 Å². The van der Waals surface area contributed by atoms with Gasteiger partial charge in [-0.1, -0.05) is 11.3 Å². The molecule has 3 aromatic heterocycles. The highest BCUT2D eigenvalue weighted by atomic mass is 32.1. The van der Waals surface area contributed by atoms with Crippen LogP contribution in [-0.2, 0) is 7.05 Å². The van der Waals surface area contributed by atoms with Crippen molar-refractivity contribution in [3.63, 3.8) is 0 Å². The highest BCUT2D eigenvalue weighted by Gasteiger charge is 2.23. The van der Waals surface area contributed by atoms with E-state index in [-0.39, 0.29) is 5.56 Å². The minimum absolute atomic E-state index is 0.112. The zero-order valence-electron chi connectivity index (χ0n) is 16.2. The quantitative estimate of drug-likeness (QED) is 0.523. The predicted molar refractivity (Wildman–Crippen MR) is 111 cm³/mol. The van der Waals surface area contributed by atoms with Crippen molar-refractivity contribution in [2.45, 2.75) is 25.7 Å². The fourth-order valence-electron chi connectivity index (χ4n) is 4.03. The van der Waals surface area contributed by atoms with E-state index < -0.39 is 0 Å². The topological polar surface area (TPSA) is 68.8 Å². The summed E-state index contributed by atoms with van der Waals surface area (Å²) in [5.74, 6) is 0.426. The van der Waals surface area contributed by atoms with E-state index in [0.717, 1.165) is 57.9 Å². The second kappa shape index (κ2) is 6.49.